The molecule has 0 saturated carbocycles. The van der Waals surface area contributed by atoms with Crippen LogP contribution in [0.1, 0.15) is 34.2 Å². The standard InChI is InChI=1S/C31H29NO3/c1-23-13-11-12-14-24(23)21-28(30(34)35)32-29(33)22-31(25-15-5-2-6-16-25,26-17-7-3-8-18-26)27-19-9-4-10-20-27/h2-20,28H,21-22H2,1H3,(H,32,33)(H,34,35)/t28-/m0/s1. The lowest BCUT2D eigenvalue weighted by Crippen LogP contribution is -2.45. The zero-order valence-corrected chi connectivity index (χ0v) is 19.7. The average Bonchev–Trinajstić information content (AvgIpc) is 2.89. The van der Waals surface area contributed by atoms with Gasteiger partial charge in [0, 0.05) is 12.8 Å². The Morgan fingerprint density at radius 2 is 1.14 bits per heavy atom. The maximum atomic E-state index is 13.6. The number of carboxylic acids is 1. The van der Waals surface area contributed by atoms with Crippen molar-refractivity contribution in [3.05, 3.63) is 143 Å². The van der Waals surface area contributed by atoms with Gasteiger partial charge in [-0.2, -0.15) is 0 Å². The second-order valence-corrected chi connectivity index (χ2v) is 8.77. The van der Waals surface area contributed by atoms with E-state index >= 15 is 0 Å². The quantitative estimate of drug-likeness (QED) is 0.321. The molecule has 0 spiro atoms. The molecular formula is C31H29NO3. The van der Waals surface area contributed by atoms with Crippen molar-refractivity contribution in [3.8, 4) is 0 Å². The predicted octanol–water partition coefficient (Wildman–Crippen LogP) is 5.53. The Morgan fingerprint density at radius 3 is 1.57 bits per heavy atom. The SMILES string of the molecule is Cc1ccccc1C[C@H](NC(=O)CC(c1ccccc1)(c1ccccc1)c1ccccc1)C(=O)O. The molecule has 0 unspecified atom stereocenters. The van der Waals surface area contributed by atoms with Crippen molar-refractivity contribution < 1.29 is 14.7 Å². The fraction of sp³-hybridized carbons (Fsp3) is 0.161. The highest BCUT2D eigenvalue weighted by molar-refractivity contribution is 5.85. The summed E-state index contributed by atoms with van der Waals surface area (Å²) >= 11 is 0. The van der Waals surface area contributed by atoms with Crippen LogP contribution in [0.2, 0.25) is 0 Å². The van der Waals surface area contributed by atoms with Crippen molar-refractivity contribution >= 4 is 11.9 Å². The van der Waals surface area contributed by atoms with Gasteiger partial charge >= 0.3 is 5.97 Å². The minimum absolute atomic E-state index is 0.0720. The van der Waals surface area contributed by atoms with Crippen LogP contribution in [0, 0.1) is 6.92 Å². The van der Waals surface area contributed by atoms with Gasteiger partial charge in [0.2, 0.25) is 5.91 Å². The molecule has 4 rings (SSSR count). The van der Waals surface area contributed by atoms with Crippen LogP contribution in [0.15, 0.2) is 115 Å². The number of benzene rings is 4. The predicted molar refractivity (Wildman–Crippen MR) is 138 cm³/mol. The summed E-state index contributed by atoms with van der Waals surface area (Å²) in [6.45, 7) is 1.95. The first-order valence-electron chi connectivity index (χ1n) is 11.7. The number of hydrogen-bond acceptors (Lipinski definition) is 2. The van der Waals surface area contributed by atoms with Gasteiger partial charge in [0.05, 0.1) is 5.41 Å². The first-order valence-corrected chi connectivity index (χ1v) is 11.7. The summed E-state index contributed by atoms with van der Waals surface area (Å²) in [5, 5.41) is 12.7. The number of nitrogens with one attached hydrogen (secondary N) is 1. The Labute approximate surface area is 206 Å². The number of hydrogen-bond donors (Lipinski definition) is 2. The third kappa shape index (κ3) is 5.33. The molecule has 35 heavy (non-hydrogen) atoms. The van der Waals surface area contributed by atoms with Crippen LogP contribution < -0.4 is 5.32 Å². The molecule has 4 aromatic rings. The van der Waals surface area contributed by atoms with Crippen LogP contribution in [0.5, 0.6) is 0 Å². The van der Waals surface area contributed by atoms with Crippen LogP contribution in [0.3, 0.4) is 0 Å². The fourth-order valence-corrected chi connectivity index (χ4v) is 4.72. The molecule has 0 bridgehead atoms. The number of rotatable bonds is 9. The van der Waals surface area contributed by atoms with Crippen LogP contribution in [0.25, 0.3) is 0 Å². The Bertz CT molecular complexity index is 1170. The summed E-state index contributed by atoms with van der Waals surface area (Å²) in [6, 6.07) is 36.4. The highest BCUT2D eigenvalue weighted by atomic mass is 16.4. The molecule has 4 aromatic carbocycles. The third-order valence-corrected chi connectivity index (χ3v) is 6.54. The molecule has 0 aliphatic rings. The maximum Gasteiger partial charge on any atom is 0.326 e. The molecule has 0 aromatic heterocycles. The maximum absolute atomic E-state index is 13.6. The lowest BCUT2D eigenvalue weighted by atomic mass is 9.67. The molecule has 0 aliphatic heterocycles. The Kier molecular flexibility index (Phi) is 7.41. The van der Waals surface area contributed by atoms with E-state index in [9.17, 15) is 14.7 Å². The van der Waals surface area contributed by atoms with E-state index in [1.54, 1.807) is 0 Å². The average molecular weight is 464 g/mol. The summed E-state index contributed by atoms with van der Waals surface area (Å²) < 4.78 is 0. The van der Waals surface area contributed by atoms with E-state index in [0.29, 0.717) is 0 Å². The molecule has 2 N–H and O–H groups in total. The summed E-state index contributed by atoms with van der Waals surface area (Å²) in [7, 11) is 0. The minimum atomic E-state index is -1.05. The van der Waals surface area contributed by atoms with E-state index in [-0.39, 0.29) is 18.7 Å². The van der Waals surface area contributed by atoms with Crippen molar-refractivity contribution in [2.45, 2.75) is 31.2 Å². The number of amides is 1. The van der Waals surface area contributed by atoms with Gasteiger partial charge < -0.3 is 10.4 Å². The van der Waals surface area contributed by atoms with Gasteiger partial charge in [-0.3, -0.25) is 4.79 Å². The van der Waals surface area contributed by atoms with Crippen molar-refractivity contribution in [1.82, 2.24) is 5.32 Å². The zero-order valence-electron chi connectivity index (χ0n) is 19.7. The van der Waals surface area contributed by atoms with E-state index in [4.69, 9.17) is 0 Å². The highest BCUT2D eigenvalue weighted by Gasteiger charge is 2.39. The lowest BCUT2D eigenvalue weighted by molar-refractivity contribution is -0.141. The van der Waals surface area contributed by atoms with E-state index in [1.807, 2.05) is 122 Å². The van der Waals surface area contributed by atoms with Crippen LogP contribution in [0.4, 0.5) is 0 Å². The van der Waals surface area contributed by atoms with Gasteiger partial charge in [-0.1, -0.05) is 115 Å². The second-order valence-electron chi connectivity index (χ2n) is 8.77. The van der Waals surface area contributed by atoms with E-state index in [2.05, 4.69) is 5.32 Å². The topological polar surface area (TPSA) is 66.4 Å². The Hall–Kier alpha value is -4.18. The van der Waals surface area contributed by atoms with Crippen LogP contribution >= 0.6 is 0 Å². The van der Waals surface area contributed by atoms with Gasteiger partial charge in [-0.05, 0) is 34.7 Å². The molecule has 1 amide bonds. The highest BCUT2D eigenvalue weighted by Crippen LogP contribution is 2.42. The molecule has 4 heteroatoms. The second kappa shape index (κ2) is 10.8. The number of carbonyl (C=O) groups is 2. The zero-order chi connectivity index (χ0) is 24.7. The fourth-order valence-electron chi connectivity index (χ4n) is 4.72. The first-order chi connectivity index (χ1) is 17.0. The van der Waals surface area contributed by atoms with Gasteiger partial charge in [0.25, 0.3) is 0 Å². The van der Waals surface area contributed by atoms with Gasteiger partial charge in [-0.15, -0.1) is 0 Å². The molecule has 1 atom stereocenters. The Balaban J connectivity index is 1.74. The van der Waals surface area contributed by atoms with Crippen molar-refractivity contribution in [3.63, 3.8) is 0 Å². The van der Waals surface area contributed by atoms with E-state index < -0.39 is 17.4 Å². The molecule has 0 fully saturated rings. The molecule has 0 radical (unpaired) electrons. The Morgan fingerprint density at radius 1 is 0.714 bits per heavy atom. The first kappa shape index (κ1) is 24.0. The number of carbonyl (C=O) groups excluding carboxylic acids is 1. The molecule has 4 nitrogen and oxygen atoms in total. The molecular weight excluding hydrogens is 434 g/mol. The summed E-state index contributed by atoms with van der Waals surface area (Å²) in [5.41, 5.74) is 4.04. The summed E-state index contributed by atoms with van der Waals surface area (Å²) in [5.74, 6) is -1.37. The van der Waals surface area contributed by atoms with Crippen molar-refractivity contribution in [2.75, 3.05) is 0 Å². The van der Waals surface area contributed by atoms with Crippen LogP contribution in [-0.4, -0.2) is 23.0 Å². The number of carboxylic acid groups (broad SMARTS) is 1. The normalized spacial score (nSPS) is 12.0. The summed E-state index contributed by atoms with van der Waals surface area (Å²) in [6.07, 6.45) is 0.297. The number of aliphatic carboxylic acids is 1. The monoisotopic (exact) mass is 463 g/mol. The smallest absolute Gasteiger partial charge is 0.326 e. The van der Waals surface area contributed by atoms with Crippen LogP contribution in [-0.2, 0) is 21.4 Å². The molecule has 176 valence electrons. The van der Waals surface area contributed by atoms with E-state index in [0.717, 1.165) is 27.8 Å². The van der Waals surface area contributed by atoms with Gasteiger partial charge in [-0.25, -0.2) is 4.79 Å². The van der Waals surface area contributed by atoms with E-state index in [1.165, 1.54) is 0 Å². The van der Waals surface area contributed by atoms with Gasteiger partial charge in [0.15, 0.2) is 0 Å². The van der Waals surface area contributed by atoms with Crippen molar-refractivity contribution in [1.29, 1.82) is 0 Å². The van der Waals surface area contributed by atoms with Crippen molar-refractivity contribution in [2.24, 2.45) is 0 Å². The minimum Gasteiger partial charge on any atom is -0.480 e. The lowest BCUT2D eigenvalue weighted by Gasteiger charge is -2.36. The van der Waals surface area contributed by atoms with Gasteiger partial charge in [0.1, 0.15) is 6.04 Å². The molecule has 0 aliphatic carbocycles. The third-order valence-electron chi connectivity index (χ3n) is 6.54. The number of aryl methyl sites for hydroxylation is 1. The molecule has 0 heterocycles. The largest absolute Gasteiger partial charge is 0.480 e. The molecule has 0 saturated heterocycles. The summed E-state index contributed by atoms with van der Waals surface area (Å²) in [4.78, 5) is 25.7.